The van der Waals surface area contributed by atoms with E-state index < -0.39 is 0 Å². The maximum atomic E-state index is 12.5. The van der Waals surface area contributed by atoms with E-state index in [4.69, 9.17) is 0 Å². The molecule has 29 heavy (non-hydrogen) atoms. The molecule has 0 radical (unpaired) electrons. The van der Waals surface area contributed by atoms with E-state index in [1.807, 2.05) is 31.2 Å². The van der Waals surface area contributed by atoms with Crippen LogP contribution in [0.15, 0.2) is 48.5 Å². The quantitative estimate of drug-likeness (QED) is 0.523. The summed E-state index contributed by atoms with van der Waals surface area (Å²) in [6.45, 7) is 1.94. The van der Waals surface area contributed by atoms with Crippen molar-refractivity contribution >= 4 is 45.1 Å². The Kier molecular flexibility index (Phi) is 4.02. The number of imide groups is 1. The first-order valence-electron chi connectivity index (χ1n) is 8.88. The number of benzene rings is 2. The fraction of sp³-hybridized carbons (Fsp3) is 0.100. The van der Waals surface area contributed by atoms with E-state index in [9.17, 15) is 9.59 Å². The van der Waals surface area contributed by atoms with Gasteiger partial charge in [-0.15, -0.1) is 10.2 Å². The molecule has 9 heteroatoms. The highest BCUT2D eigenvalue weighted by atomic mass is 32.1. The van der Waals surface area contributed by atoms with E-state index in [2.05, 4.69) is 25.5 Å². The van der Waals surface area contributed by atoms with Gasteiger partial charge in [0.2, 0.25) is 5.13 Å². The summed E-state index contributed by atoms with van der Waals surface area (Å²) in [5.74, 6) is -0.0368. The van der Waals surface area contributed by atoms with Crippen LogP contribution < -0.4 is 5.32 Å². The van der Waals surface area contributed by atoms with Crippen LogP contribution in [0.25, 0.3) is 11.0 Å². The van der Waals surface area contributed by atoms with Gasteiger partial charge in [-0.05, 0) is 31.2 Å². The highest BCUT2D eigenvalue weighted by Gasteiger charge is 2.35. The Labute approximate surface area is 169 Å². The predicted molar refractivity (Wildman–Crippen MR) is 108 cm³/mol. The second kappa shape index (κ2) is 6.71. The van der Waals surface area contributed by atoms with E-state index in [0.29, 0.717) is 27.1 Å². The molecule has 0 bridgehead atoms. The first-order valence-corrected chi connectivity index (χ1v) is 9.70. The minimum atomic E-state index is -0.313. The third-order valence-corrected chi connectivity index (χ3v) is 5.43. The number of fused-ring (bicyclic) bond motifs is 2. The van der Waals surface area contributed by atoms with Gasteiger partial charge in [-0.3, -0.25) is 14.5 Å². The molecule has 0 saturated carbocycles. The Morgan fingerprint density at radius 2 is 1.52 bits per heavy atom. The number of nitrogens with zero attached hydrogens (tertiary/aromatic N) is 5. The molecule has 142 valence electrons. The van der Waals surface area contributed by atoms with Crippen LogP contribution in [0.4, 0.5) is 10.9 Å². The average Bonchev–Trinajstić information content (AvgIpc) is 3.27. The number of aromatic nitrogens is 4. The molecule has 0 aliphatic carbocycles. The van der Waals surface area contributed by atoms with Gasteiger partial charge >= 0.3 is 0 Å². The Bertz CT molecular complexity index is 1250. The maximum absolute atomic E-state index is 12.5. The summed E-state index contributed by atoms with van der Waals surface area (Å²) >= 11 is 1.26. The van der Waals surface area contributed by atoms with E-state index in [-0.39, 0.29) is 18.4 Å². The summed E-state index contributed by atoms with van der Waals surface area (Å²) < 4.78 is 0. The molecule has 0 unspecified atom stereocenters. The minimum absolute atomic E-state index is 0.0775. The van der Waals surface area contributed by atoms with Crippen LogP contribution >= 0.6 is 11.3 Å². The molecule has 5 rings (SSSR count). The maximum Gasteiger partial charge on any atom is 0.261 e. The van der Waals surface area contributed by atoms with Gasteiger partial charge in [-0.25, -0.2) is 9.97 Å². The van der Waals surface area contributed by atoms with Crippen molar-refractivity contribution in [3.63, 3.8) is 0 Å². The lowest BCUT2D eigenvalue weighted by Crippen LogP contribution is -2.29. The second-order valence-electron chi connectivity index (χ2n) is 6.51. The van der Waals surface area contributed by atoms with Crippen molar-refractivity contribution in [3.8, 4) is 0 Å². The topological polar surface area (TPSA) is 101 Å². The largest absolute Gasteiger partial charge is 0.313 e. The number of aryl methyl sites for hydroxylation is 1. The zero-order valence-electron chi connectivity index (χ0n) is 15.3. The minimum Gasteiger partial charge on any atom is -0.313 e. The standard InChI is InChI=1S/C20H14N6O2S/c1-11-17(22-15-9-5-4-8-14(15)21-11)23-20-25-24-16(29-20)10-26-18(27)12-6-2-3-7-13(12)19(26)28/h2-9H,10H2,1H3,(H,22,23,25). The lowest BCUT2D eigenvalue weighted by Gasteiger charge is -2.10. The van der Waals surface area contributed by atoms with Crippen LogP contribution in [0.5, 0.6) is 0 Å². The van der Waals surface area contributed by atoms with Crippen LogP contribution in [-0.2, 0) is 6.54 Å². The summed E-state index contributed by atoms with van der Waals surface area (Å²) in [5, 5.41) is 12.4. The van der Waals surface area contributed by atoms with Gasteiger partial charge in [0.05, 0.1) is 34.4 Å². The Morgan fingerprint density at radius 1 is 0.897 bits per heavy atom. The molecule has 2 amide bonds. The molecule has 2 aromatic heterocycles. The van der Waals surface area contributed by atoms with Gasteiger partial charge in [0, 0.05) is 0 Å². The molecule has 1 aliphatic rings. The number of hydrogen-bond acceptors (Lipinski definition) is 8. The number of carbonyl (C=O) groups is 2. The number of nitrogens with one attached hydrogen (secondary N) is 1. The van der Waals surface area contributed by atoms with Crippen LogP contribution in [-0.4, -0.2) is 36.9 Å². The molecule has 0 spiro atoms. The zero-order valence-corrected chi connectivity index (χ0v) is 16.1. The Morgan fingerprint density at radius 3 is 2.21 bits per heavy atom. The molecular formula is C20H14N6O2S. The lowest BCUT2D eigenvalue weighted by molar-refractivity contribution is 0.0642. The van der Waals surface area contributed by atoms with E-state index in [0.717, 1.165) is 16.7 Å². The average molecular weight is 402 g/mol. The van der Waals surface area contributed by atoms with Crippen molar-refractivity contribution in [2.75, 3.05) is 5.32 Å². The highest BCUT2D eigenvalue weighted by Crippen LogP contribution is 2.27. The van der Waals surface area contributed by atoms with Crippen LogP contribution in [0.1, 0.15) is 31.4 Å². The zero-order chi connectivity index (χ0) is 20.0. The molecule has 0 saturated heterocycles. The molecule has 8 nitrogen and oxygen atoms in total. The van der Waals surface area contributed by atoms with E-state index in [1.165, 1.54) is 16.2 Å². The number of rotatable bonds is 4. The summed E-state index contributed by atoms with van der Waals surface area (Å²) in [4.78, 5) is 35.3. The summed E-state index contributed by atoms with van der Waals surface area (Å²) in [7, 11) is 0. The summed E-state index contributed by atoms with van der Waals surface area (Å²) in [5.41, 5.74) is 3.17. The third-order valence-electron chi connectivity index (χ3n) is 4.61. The van der Waals surface area contributed by atoms with Crippen molar-refractivity contribution in [2.24, 2.45) is 0 Å². The molecule has 3 heterocycles. The molecule has 0 fully saturated rings. The van der Waals surface area contributed by atoms with Crippen molar-refractivity contribution in [3.05, 3.63) is 70.4 Å². The van der Waals surface area contributed by atoms with E-state index >= 15 is 0 Å². The van der Waals surface area contributed by atoms with Gasteiger partial charge < -0.3 is 5.32 Å². The highest BCUT2D eigenvalue weighted by molar-refractivity contribution is 7.15. The number of carbonyl (C=O) groups excluding carboxylic acids is 2. The van der Waals surface area contributed by atoms with Gasteiger partial charge in [0.25, 0.3) is 11.8 Å². The molecule has 0 atom stereocenters. The van der Waals surface area contributed by atoms with Gasteiger partial charge in [0.1, 0.15) is 5.01 Å². The van der Waals surface area contributed by atoms with Crippen LogP contribution in [0.2, 0.25) is 0 Å². The predicted octanol–water partition coefficient (Wildman–Crippen LogP) is 3.33. The first-order chi connectivity index (χ1) is 14.1. The fourth-order valence-electron chi connectivity index (χ4n) is 3.19. The SMILES string of the molecule is Cc1nc2ccccc2nc1Nc1nnc(CN2C(=O)c3ccccc3C2=O)s1. The van der Waals surface area contributed by atoms with Gasteiger partial charge in [-0.1, -0.05) is 35.6 Å². The number of amides is 2. The monoisotopic (exact) mass is 402 g/mol. The summed E-state index contributed by atoms with van der Waals surface area (Å²) in [6.07, 6.45) is 0. The van der Waals surface area contributed by atoms with Crippen molar-refractivity contribution < 1.29 is 9.59 Å². The normalized spacial score (nSPS) is 13.2. The molecule has 1 N–H and O–H groups in total. The first kappa shape index (κ1) is 17.4. The van der Waals surface area contributed by atoms with E-state index in [1.54, 1.807) is 24.3 Å². The van der Waals surface area contributed by atoms with Crippen molar-refractivity contribution in [1.82, 2.24) is 25.1 Å². The molecule has 2 aromatic carbocycles. The Hall–Kier alpha value is -3.72. The van der Waals surface area contributed by atoms with Gasteiger partial charge in [-0.2, -0.15) is 0 Å². The lowest BCUT2D eigenvalue weighted by atomic mass is 10.1. The Balaban J connectivity index is 1.36. The third kappa shape index (κ3) is 3.01. The summed E-state index contributed by atoms with van der Waals surface area (Å²) in [6, 6.07) is 14.4. The van der Waals surface area contributed by atoms with Crippen LogP contribution in [0, 0.1) is 6.92 Å². The molecule has 1 aliphatic heterocycles. The fourth-order valence-corrected chi connectivity index (χ4v) is 3.92. The second-order valence-corrected chi connectivity index (χ2v) is 7.58. The van der Waals surface area contributed by atoms with Crippen molar-refractivity contribution in [2.45, 2.75) is 13.5 Å². The number of hydrogen-bond donors (Lipinski definition) is 1. The molecule has 4 aromatic rings. The van der Waals surface area contributed by atoms with Gasteiger partial charge in [0.15, 0.2) is 5.82 Å². The number of anilines is 2. The van der Waals surface area contributed by atoms with Crippen LogP contribution in [0.3, 0.4) is 0 Å². The molecular weight excluding hydrogens is 388 g/mol. The smallest absolute Gasteiger partial charge is 0.261 e. The van der Waals surface area contributed by atoms with Crippen molar-refractivity contribution in [1.29, 1.82) is 0 Å². The number of para-hydroxylation sites is 2.